The number of hydrogen-bond donors (Lipinski definition) is 1. The van der Waals surface area contributed by atoms with Crippen LogP contribution in [0.5, 0.6) is 11.8 Å². The summed E-state index contributed by atoms with van der Waals surface area (Å²) in [7, 11) is 0. The van der Waals surface area contributed by atoms with E-state index in [2.05, 4.69) is 33.8 Å². The van der Waals surface area contributed by atoms with E-state index in [1.807, 2.05) is 48.5 Å². The first-order valence-electron chi connectivity index (χ1n) is 8.68. The van der Waals surface area contributed by atoms with Gasteiger partial charge in [-0.05, 0) is 53.2 Å². The second kappa shape index (κ2) is 8.94. The van der Waals surface area contributed by atoms with Crippen LogP contribution in [-0.4, -0.2) is 26.8 Å². The van der Waals surface area contributed by atoms with Crippen LogP contribution in [-0.2, 0) is 6.54 Å². The van der Waals surface area contributed by atoms with E-state index in [1.165, 1.54) is 24.8 Å². The third-order valence-electron chi connectivity index (χ3n) is 3.84. The van der Waals surface area contributed by atoms with E-state index >= 15 is 0 Å². The van der Waals surface area contributed by atoms with Crippen LogP contribution in [0.4, 0.5) is 0 Å². The van der Waals surface area contributed by atoms with Gasteiger partial charge in [0.15, 0.2) is 0 Å². The van der Waals surface area contributed by atoms with E-state index in [4.69, 9.17) is 4.74 Å². The predicted octanol–water partition coefficient (Wildman–Crippen LogP) is 3.73. The van der Waals surface area contributed by atoms with Gasteiger partial charge in [-0.3, -0.25) is 0 Å². The number of rotatable bonds is 9. The van der Waals surface area contributed by atoms with Gasteiger partial charge in [0.25, 0.3) is 0 Å². The Hall–Kier alpha value is -2.73. The summed E-state index contributed by atoms with van der Waals surface area (Å²) in [6.45, 7) is 4.07. The molecule has 0 radical (unpaired) electrons. The molecule has 0 aliphatic rings. The molecule has 1 heterocycles. The third-order valence-corrected chi connectivity index (χ3v) is 3.84. The average Bonchev–Trinajstić information content (AvgIpc) is 3.11. The zero-order chi connectivity index (χ0) is 17.3. The Morgan fingerprint density at radius 3 is 2.76 bits per heavy atom. The molecule has 130 valence electrons. The van der Waals surface area contributed by atoms with Crippen molar-refractivity contribution in [2.45, 2.75) is 32.7 Å². The van der Waals surface area contributed by atoms with E-state index < -0.39 is 0 Å². The summed E-state index contributed by atoms with van der Waals surface area (Å²) in [6.07, 6.45) is 3.71. The van der Waals surface area contributed by atoms with Crippen molar-refractivity contribution in [2.24, 2.45) is 0 Å². The van der Waals surface area contributed by atoms with Crippen LogP contribution in [0.2, 0.25) is 0 Å². The first kappa shape index (κ1) is 17.1. The lowest BCUT2D eigenvalue weighted by Gasteiger charge is -2.08. The van der Waals surface area contributed by atoms with Gasteiger partial charge in [-0.15, -0.1) is 0 Å². The molecule has 0 spiro atoms. The molecule has 0 aliphatic carbocycles. The molecule has 6 heteroatoms. The Labute approximate surface area is 147 Å². The van der Waals surface area contributed by atoms with Gasteiger partial charge in [-0.25, -0.2) is 0 Å². The first-order valence-corrected chi connectivity index (χ1v) is 8.68. The van der Waals surface area contributed by atoms with Crippen LogP contribution in [0, 0.1) is 0 Å². The molecule has 0 fully saturated rings. The van der Waals surface area contributed by atoms with E-state index in [0.717, 1.165) is 24.5 Å². The monoisotopic (exact) mass is 337 g/mol. The maximum absolute atomic E-state index is 5.89. The fraction of sp³-hybridized carbons (Fsp3) is 0.316. The Morgan fingerprint density at radius 2 is 1.92 bits per heavy atom. The van der Waals surface area contributed by atoms with Crippen molar-refractivity contribution in [2.75, 3.05) is 6.54 Å². The second-order valence-corrected chi connectivity index (χ2v) is 5.84. The molecule has 0 saturated carbocycles. The van der Waals surface area contributed by atoms with Gasteiger partial charge in [0.2, 0.25) is 0 Å². The minimum atomic E-state index is 0.347. The molecule has 0 aliphatic heterocycles. The highest BCUT2D eigenvalue weighted by Gasteiger charge is 2.10. The summed E-state index contributed by atoms with van der Waals surface area (Å²) in [6, 6.07) is 18.0. The largest absolute Gasteiger partial charge is 0.423 e. The Balaban J connectivity index is 1.64. The molecule has 0 atom stereocenters. The maximum atomic E-state index is 5.89. The summed E-state index contributed by atoms with van der Waals surface area (Å²) in [5, 5.41) is 15.2. The lowest BCUT2D eigenvalue weighted by Crippen LogP contribution is -2.14. The smallest absolute Gasteiger partial charge is 0.345 e. The van der Waals surface area contributed by atoms with Crippen LogP contribution in [0.3, 0.4) is 0 Å². The Morgan fingerprint density at radius 1 is 1.04 bits per heavy atom. The molecule has 1 N–H and O–H groups in total. The zero-order valence-corrected chi connectivity index (χ0v) is 14.4. The van der Waals surface area contributed by atoms with Crippen molar-refractivity contribution in [3.05, 3.63) is 60.2 Å². The van der Waals surface area contributed by atoms with Crippen molar-refractivity contribution in [1.82, 2.24) is 25.5 Å². The molecule has 3 aromatic rings. The van der Waals surface area contributed by atoms with Crippen LogP contribution in [0.25, 0.3) is 5.69 Å². The normalized spacial score (nSPS) is 10.8. The standard InChI is InChI=1S/C19H23N5O/c1-2-3-7-13-20-15-16-9-8-12-18(14-16)25-19-21-22-23-24(19)17-10-5-4-6-11-17/h4-6,8-12,14,20H,2-3,7,13,15H2,1H3. The number of aromatic nitrogens is 4. The van der Waals surface area contributed by atoms with Crippen molar-refractivity contribution in [1.29, 1.82) is 0 Å². The molecule has 0 saturated heterocycles. The quantitative estimate of drug-likeness (QED) is 0.603. The number of para-hydroxylation sites is 1. The van der Waals surface area contributed by atoms with Crippen molar-refractivity contribution in [3.63, 3.8) is 0 Å². The van der Waals surface area contributed by atoms with Crippen LogP contribution in [0.15, 0.2) is 54.6 Å². The molecule has 0 bridgehead atoms. The molecule has 3 rings (SSSR count). The summed E-state index contributed by atoms with van der Waals surface area (Å²) in [5.41, 5.74) is 2.03. The summed E-state index contributed by atoms with van der Waals surface area (Å²) < 4.78 is 7.47. The van der Waals surface area contributed by atoms with Gasteiger partial charge in [0.05, 0.1) is 5.69 Å². The SMILES string of the molecule is CCCCCNCc1cccc(Oc2nnnn2-c2ccccc2)c1. The third kappa shape index (κ3) is 4.87. The average molecular weight is 337 g/mol. The van der Waals surface area contributed by atoms with Crippen LogP contribution < -0.4 is 10.1 Å². The minimum Gasteiger partial charge on any atom is -0.423 e. The van der Waals surface area contributed by atoms with Crippen molar-refractivity contribution >= 4 is 0 Å². The van der Waals surface area contributed by atoms with Gasteiger partial charge in [-0.1, -0.05) is 55.2 Å². The highest BCUT2D eigenvalue weighted by atomic mass is 16.5. The molecule has 0 unspecified atom stereocenters. The minimum absolute atomic E-state index is 0.347. The highest BCUT2D eigenvalue weighted by molar-refractivity contribution is 5.34. The van der Waals surface area contributed by atoms with E-state index in [0.29, 0.717) is 6.01 Å². The van der Waals surface area contributed by atoms with Crippen LogP contribution >= 0.6 is 0 Å². The topological polar surface area (TPSA) is 64.9 Å². The summed E-state index contributed by atoms with van der Waals surface area (Å²) in [5.74, 6) is 0.722. The Kier molecular flexibility index (Phi) is 6.11. The number of nitrogens with zero attached hydrogens (tertiary/aromatic N) is 4. The van der Waals surface area contributed by atoms with Gasteiger partial charge < -0.3 is 10.1 Å². The van der Waals surface area contributed by atoms with Crippen molar-refractivity contribution < 1.29 is 4.74 Å². The fourth-order valence-electron chi connectivity index (χ4n) is 2.53. The molecule has 1 aromatic heterocycles. The lowest BCUT2D eigenvalue weighted by atomic mass is 10.2. The molecule has 25 heavy (non-hydrogen) atoms. The number of benzene rings is 2. The lowest BCUT2D eigenvalue weighted by molar-refractivity contribution is 0.426. The number of ether oxygens (including phenoxy) is 1. The van der Waals surface area contributed by atoms with Gasteiger partial charge >= 0.3 is 6.01 Å². The highest BCUT2D eigenvalue weighted by Crippen LogP contribution is 2.22. The van der Waals surface area contributed by atoms with E-state index in [1.54, 1.807) is 4.68 Å². The molecule has 6 nitrogen and oxygen atoms in total. The van der Waals surface area contributed by atoms with E-state index in [9.17, 15) is 0 Å². The van der Waals surface area contributed by atoms with Gasteiger partial charge in [0.1, 0.15) is 5.75 Å². The van der Waals surface area contributed by atoms with Gasteiger partial charge in [-0.2, -0.15) is 4.68 Å². The number of nitrogens with one attached hydrogen (secondary N) is 1. The maximum Gasteiger partial charge on any atom is 0.345 e. The summed E-state index contributed by atoms with van der Waals surface area (Å²) in [4.78, 5) is 0. The molecule has 2 aromatic carbocycles. The fourth-order valence-corrected chi connectivity index (χ4v) is 2.53. The van der Waals surface area contributed by atoms with E-state index in [-0.39, 0.29) is 0 Å². The first-order chi connectivity index (χ1) is 12.4. The second-order valence-electron chi connectivity index (χ2n) is 5.84. The van der Waals surface area contributed by atoms with Gasteiger partial charge in [0, 0.05) is 6.54 Å². The molecular formula is C19H23N5O. The summed E-state index contributed by atoms with van der Waals surface area (Å²) >= 11 is 0. The predicted molar refractivity (Wildman–Crippen MR) is 96.9 cm³/mol. The zero-order valence-electron chi connectivity index (χ0n) is 14.4. The molecule has 0 amide bonds. The molecular weight excluding hydrogens is 314 g/mol. The van der Waals surface area contributed by atoms with Crippen molar-refractivity contribution in [3.8, 4) is 17.4 Å². The van der Waals surface area contributed by atoms with Crippen LogP contribution in [0.1, 0.15) is 31.7 Å². The number of hydrogen-bond acceptors (Lipinski definition) is 5. The number of tetrazole rings is 1. The Bertz CT molecular complexity index is 772. The number of unbranched alkanes of at least 4 members (excludes halogenated alkanes) is 2.